The number of nitrogens with two attached hydrogens (primary N) is 1. The van der Waals surface area contributed by atoms with Crippen LogP contribution in [0.5, 0.6) is 0 Å². The second kappa shape index (κ2) is 6.15. The minimum absolute atomic E-state index is 0.317. The maximum atomic E-state index is 5.69. The predicted molar refractivity (Wildman–Crippen MR) is 73.3 cm³/mol. The van der Waals surface area contributed by atoms with Gasteiger partial charge in [-0.05, 0) is 39.7 Å². The molecule has 90 valence electrons. The Morgan fingerprint density at radius 1 is 1.44 bits per heavy atom. The van der Waals surface area contributed by atoms with Crippen LogP contribution in [0.2, 0.25) is 0 Å². The van der Waals surface area contributed by atoms with Gasteiger partial charge in [-0.3, -0.25) is 11.3 Å². The normalized spacial score (nSPS) is 19.9. The van der Waals surface area contributed by atoms with Crippen molar-refractivity contribution >= 4 is 27.3 Å². The van der Waals surface area contributed by atoms with Crippen molar-refractivity contribution in [1.29, 1.82) is 0 Å². The van der Waals surface area contributed by atoms with Crippen LogP contribution in [0.3, 0.4) is 0 Å². The summed E-state index contributed by atoms with van der Waals surface area (Å²) in [6, 6.07) is 2.42. The Bertz CT molecular complexity index is 321. The van der Waals surface area contributed by atoms with Gasteiger partial charge in [0.15, 0.2) is 0 Å². The van der Waals surface area contributed by atoms with E-state index in [0.717, 1.165) is 5.92 Å². The summed E-state index contributed by atoms with van der Waals surface area (Å²) >= 11 is 5.37. The Morgan fingerprint density at radius 3 is 2.75 bits per heavy atom. The zero-order valence-electron chi connectivity index (χ0n) is 9.42. The van der Waals surface area contributed by atoms with E-state index >= 15 is 0 Å². The smallest absolute Gasteiger partial charge is 0.0567 e. The molecule has 0 saturated heterocycles. The van der Waals surface area contributed by atoms with Crippen LogP contribution in [0, 0.1) is 5.92 Å². The van der Waals surface area contributed by atoms with Crippen molar-refractivity contribution in [2.75, 3.05) is 0 Å². The van der Waals surface area contributed by atoms with E-state index in [2.05, 4.69) is 32.8 Å². The first-order valence-electron chi connectivity index (χ1n) is 6.00. The number of rotatable bonds is 4. The van der Waals surface area contributed by atoms with Gasteiger partial charge in [0.1, 0.15) is 0 Å². The topological polar surface area (TPSA) is 38.0 Å². The van der Waals surface area contributed by atoms with Crippen LogP contribution in [0.1, 0.15) is 49.4 Å². The van der Waals surface area contributed by atoms with Gasteiger partial charge in [-0.1, -0.05) is 32.1 Å². The molecule has 16 heavy (non-hydrogen) atoms. The SMILES string of the molecule is NNC(CC1CCCCC1)c1sccc1Br. The van der Waals surface area contributed by atoms with Crippen LogP contribution < -0.4 is 11.3 Å². The highest BCUT2D eigenvalue weighted by Gasteiger charge is 2.21. The molecule has 0 aliphatic heterocycles. The van der Waals surface area contributed by atoms with Gasteiger partial charge < -0.3 is 0 Å². The molecular formula is C12H19BrN2S. The third-order valence-corrected chi connectivity index (χ3v) is 5.44. The van der Waals surface area contributed by atoms with Gasteiger partial charge in [0.25, 0.3) is 0 Å². The summed E-state index contributed by atoms with van der Waals surface area (Å²) in [5.41, 5.74) is 2.97. The highest BCUT2D eigenvalue weighted by molar-refractivity contribution is 9.10. The molecule has 1 aromatic rings. The van der Waals surface area contributed by atoms with Crippen molar-refractivity contribution in [3.8, 4) is 0 Å². The van der Waals surface area contributed by atoms with E-state index in [-0.39, 0.29) is 0 Å². The van der Waals surface area contributed by atoms with E-state index in [1.807, 2.05) is 0 Å². The largest absolute Gasteiger partial charge is 0.271 e. The minimum atomic E-state index is 0.317. The summed E-state index contributed by atoms with van der Waals surface area (Å²) in [5, 5.41) is 2.12. The first-order chi connectivity index (χ1) is 7.81. The summed E-state index contributed by atoms with van der Waals surface area (Å²) in [4.78, 5) is 1.34. The van der Waals surface area contributed by atoms with Crippen molar-refractivity contribution < 1.29 is 0 Å². The molecule has 1 aromatic heterocycles. The standard InChI is InChI=1S/C12H19BrN2S/c13-10-6-7-16-12(10)11(15-14)8-9-4-2-1-3-5-9/h6-7,9,11,15H,1-5,8,14H2. The van der Waals surface area contributed by atoms with Crippen molar-refractivity contribution in [3.63, 3.8) is 0 Å². The second-order valence-corrected chi connectivity index (χ2v) is 6.39. The minimum Gasteiger partial charge on any atom is -0.271 e. The van der Waals surface area contributed by atoms with Gasteiger partial charge in [-0.25, -0.2) is 0 Å². The zero-order chi connectivity index (χ0) is 11.4. The fraction of sp³-hybridized carbons (Fsp3) is 0.667. The summed E-state index contributed by atoms with van der Waals surface area (Å²) in [6.45, 7) is 0. The Morgan fingerprint density at radius 2 is 2.19 bits per heavy atom. The molecule has 1 atom stereocenters. The third-order valence-electron chi connectivity index (χ3n) is 3.46. The number of halogens is 1. The molecule has 1 unspecified atom stereocenters. The average Bonchev–Trinajstić information content (AvgIpc) is 2.74. The molecule has 1 fully saturated rings. The van der Waals surface area contributed by atoms with Crippen molar-refractivity contribution in [2.24, 2.45) is 11.8 Å². The zero-order valence-corrected chi connectivity index (χ0v) is 11.8. The average molecular weight is 303 g/mol. The Labute approximate surface area is 110 Å². The lowest BCUT2D eigenvalue weighted by Crippen LogP contribution is -2.29. The molecule has 0 aromatic carbocycles. The molecule has 4 heteroatoms. The Balaban J connectivity index is 1.97. The van der Waals surface area contributed by atoms with Crippen LogP contribution in [0.15, 0.2) is 15.9 Å². The molecule has 3 N–H and O–H groups in total. The highest BCUT2D eigenvalue weighted by Crippen LogP contribution is 2.36. The molecule has 0 radical (unpaired) electrons. The fourth-order valence-corrected chi connectivity index (χ4v) is 4.28. The molecule has 1 aliphatic rings. The molecule has 0 spiro atoms. The summed E-state index contributed by atoms with van der Waals surface area (Å²) in [7, 11) is 0. The Kier molecular flexibility index (Phi) is 4.82. The molecule has 1 heterocycles. The van der Waals surface area contributed by atoms with Gasteiger partial charge in [0.2, 0.25) is 0 Å². The first-order valence-corrected chi connectivity index (χ1v) is 7.67. The van der Waals surface area contributed by atoms with Crippen LogP contribution in [-0.2, 0) is 0 Å². The lowest BCUT2D eigenvalue weighted by molar-refractivity contribution is 0.302. The monoisotopic (exact) mass is 302 g/mol. The summed E-state index contributed by atoms with van der Waals surface area (Å²) in [5.74, 6) is 6.54. The maximum Gasteiger partial charge on any atom is 0.0567 e. The van der Waals surface area contributed by atoms with Crippen LogP contribution in [0.4, 0.5) is 0 Å². The molecule has 2 nitrogen and oxygen atoms in total. The highest BCUT2D eigenvalue weighted by atomic mass is 79.9. The van der Waals surface area contributed by atoms with E-state index in [1.54, 1.807) is 11.3 Å². The van der Waals surface area contributed by atoms with Crippen LogP contribution >= 0.6 is 27.3 Å². The number of thiophene rings is 1. The van der Waals surface area contributed by atoms with E-state index in [1.165, 1.54) is 47.9 Å². The van der Waals surface area contributed by atoms with Crippen molar-refractivity contribution in [2.45, 2.75) is 44.6 Å². The second-order valence-electron chi connectivity index (χ2n) is 4.59. The van der Waals surface area contributed by atoms with Crippen LogP contribution in [-0.4, -0.2) is 0 Å². The van der Waals surface area contributed by atoms with E-state index in [9.17, 15) is 0 Å². The maximum absolute atomic E-state index is 5.69. The van der Waals surface area contributed by atoms with Gasteiger partial charge in [0, 0.05) is 9.35 Å². The summed E-state index contributed by atoms with van der Waals surface area (Å²) in [6.07, 6.45) is 8.14. The van der Waals surface area contributed by atoms with Gasteiger partial charge in [-0.15, -0.1) is 11.3 Å². The summed E-state index contributed by atoms with van der Waals surface area (Å²) < 4.78 is 1.19. The van der Waals surface area contributed by atoms with Crippen LogP contribution in [0.25, 0.3) is 0 Å². The van der Waals surface area contributed by atoms with Gasteiger partial charge >= 0.3 is 0 Å². The lowest BCUT2D eigenvalue weighted by Gasteiger charge is -2.25. The molecule has 1 aliphatic carbocycles. The van der Waals surface area contributed by atoms with E-state index < -0.39 is 0 Å². The number of hydrazine groups is 1. The molecule has 0 amide bonds. The predicted octanol–water partition coefficient (Wildman–Crippen LogP) is 3.99. The van der Waals surface area contributed by atoms with Gasteiger partial charge in [-0.2, -0.15) is 0 Å². The molecule has 0 bridgehead atoms. The Hall–Kier alpha value is 0.100. The van der Waals surface area contributed by atoms with Crippen molar-refractivity contribution in [1.82, 2.24) is 5.43 Å². The molecule has 2 rings (SSSR count). The van der Waals surface area contributed by atoms with E-state index in [4.69, 9.17) is 5.84 Å². The lowest BCUT2D eigenvalue weighted by atomic mass is 9.84. The van der Waals surface area contributed by atoms with E-state index in [0.29, 0.717) is 6.04 Å². The molecule has 1 saturated carbocycles. The van der Waals surface area contributed by atoms with Gasteiger partial charge in [0.05, 0.1) is 6.04 Å². The fourth-order valence-electron chi connectivity index (χ4n) is 2.56. The molecular weight excluding hydrogens is 284 g/mol. The van der Waals surface area contributed by atoms with Crippen molar-refractivity contribution in [3.05, 3.63) is 20.8 Å². The number of hydrogen-bond donors (Lipinski definition) is 2. The number of nitrogens with one attached hydrogen (secondary N) is 1. The first kappa shape index (κ1) is 12.6. The number of hydrogen-bond acceptors (Lipinski definition) is 3. The quantitative estimate of drug-likeness (QED) is 0.652. The third kappa shape index (κ3) is 3.06.